The Bertz CT molecular complexity index is 21.5. The molecule has 0 atom stereocenters. The zero-order chi connectivity index (χ0) is 4.71. The van der Waals surface area contributed by atoms with Crippen LogP contribution in [-0.2, 0) is 0 Å². The van der Waals surface area contributed by atoms with Crippen LogP contribution in [0, 0.1) is 0 Å². The van der Waals surface area contributed by atoms with Gasteiger partial charge in [0.1, 0.15) is 0 Å². The molecule has 0 aliphatic rings. The summed E-state index contributed by atoms with van der Waals surface area (Å²) >= 11 is 4.76. The molecule has 0 aromatic rings. The van der Waals surface area contributed by atoms with E-state index in [1.54, 1.807) is 0 Å². The lowest BCUT2D eigenvalue weighted by Crippen LogP contribution is -0.926. The van der Waals surface area contributed by atoms with Gasteiger partial charge in [0.2, 0.25) is 0 Å². The SMILES string of the molecule is C=C.C=CCl.F. The summed E-state index contributed by atoms with van der Waals surface area (Å²) in [5.74, 6) is 0. The van der Waals surface area contributed by atoms with E-state index < -0.39 is 0 Å². The maximum Gasteiger partial charge on any atom is -0.00296 e. The van der Waals surface area contributed by atoms with Crippen LogP contribution in [0.4, 0.5) is 4.70 Å². The summed E-state index contributed by atoms with van der Waals surface area (Å²) < 4.78 is 0. The van der Waals surface area contributed by atoms with Crippen LogP contribution in [0.2, 0.25) is 0 Å². The highest BCUT2D eigenvalue weighted by Crippen LogP contribution is 1.60. The molecule has 0 rings (SSSR count). The minimum absolute atomic E-state index is 0. The van der Waals surface area contributed by atoms with Gasteiger partial charge in [-0.15, -0.1) is 13.2 Å². The minimum atomic E-state index is 0. The van der Waals surface area contributed by atoms with Crippen molar-refractivity contribution in [3.63, 3.8) is 0 Å². The van der Waals surface area contributed by atoms with Crippen molar-refractivity contribution in [3.05, 3.63) is 25.3 Å². The van der Waals surface area contributed by atoms with E-state index in [9.17, 15) is 0 Å². The van der Waals surface area contributed by atoms with Crippen molar-refractivity contribution >= 4 is 11.6 Å². The molecule has 0 amide bonds. The van der Waals surface area contributed by atoms with E-state index in [2.05, 4.69) is 19.7 Å². The molecule has 0 fully saturated rings. The Morgan fingerprint density at radius 3 is 1.33 bits per heavy atom. The molecule has 0 N–H and O–H groups in total. The molecule has 6 heavy (non-hydrogen) atoms. The third-order valence-electron chi connectivity index (χ3n) is 0. The summed E-state index contributed by atoms with van der Waals surface area (Å²) in [6.07, 6.45) is 0. The van der Waals surface area contributed by atoms with Gasteiger partial charge < -0.3 is 0 Å². The highest BCUT2D eigenvalue weighted by molar-refractivity contribution is 6.25. The lowest BCUT2D eigenvalue weighted by molar-refractivity contribution is 1.11. The molecule has 38 valence electrons. The predicted octanol–water partition coefficient (Wildman–Crippen LogP) is 2.32. The summed E-state index contributed by atoms with van der Waals surface area (Å²) in [4.78, 5) is 0. The molecule has 0 saturated carbocycles. The lowest BCUT2D eigenvalue weighted by atomic mass is 11.3. The summed E-state index contributed by atoms with van der Waals surface area (Å²) in [5.41, 5.74) is 1.22. The molecule has 0 aromatic carbocycles. The van der Waals surface area contributed by atoms with Crippen molar-refractivity contribution in [2.75, 3.05) is 0 Å². The molecule has 0 unspecified atom stereocenters. The van der Waals surface area contributed by atoms with Gasteiger partial charge in [0.15, 0.2) is 0 Å². The fraction of sp³-hybridized carbons (Fsp3) is 0. The van der Waals surface area contributed by atoms with Crippen LogP contribution in [-0.4, -0.2) is 0 Å². The van der Waals surface area contributed by atoms with Crippen molar-refractivity contribution in [2.45, 2.75) is 0 Å². The van der Waals surface area contributed by atoms with Crippen molar-refractivity contribution in [2.24, 2.45) is 0 Å². The van der Waals surface area contributed by atoms with Crippen molar-refractivity contribution in [1.29, 1.82) is 0 Å². The van der Waals surface area contributed by atoms with Crippen LogP contribution < -0.4 is 0 Å². The molecule has 0 bridgehead atoms. The molecule has 2 heteroatoms. The third kappa shape index (κ3) is 300. The maximum atomic E-state index is 4.76. The average Bonchev–Trinajstić information content (AvgIpc) is 1.46. The summed E-state index contributed by atoms with van der Waals surface area (Å²) in [6, 6.07) is 0. The fourth-order valence-electron chi connectivity index (χ4n) is 0. The minimum Gasteiger partial charge on any atom is -0.269 e. The van der Waals surface area contributed by atoms with Gasteiger partial charge in [-0.3, -0.25) is 4.70 Å². The Labute approximate surface area is 42.5 Å². The van der Waals surface area contributed by atoms with Gasteiger partial charge in [0, 0.05) is 0 Å². The molecule has 0 saturated heterocycles. The molecule has 0 aromatic heterocycles. The molecular formula is C4H8ClF. The number of rotatable bonds is 0. The molecule has 0 radical (unpaired) electrons. The molecule has 0 aliphatic carbocycles. The van der Waals surface area contributed by atoms with E-state index in [-0.39, 0.29) is 4.70 Å². The van der Waals surface area contributed by atoms with Crippen LogP contribution in [0.15, 0.2) is 25.3 Å². The molecule has 0 heterocycles. The average molecular weight is 111 g/mol. The summed E-state index contributed by atoms with van der Waals surface area (Å²) in [6.45, 7) is 9.13. The topological polar surface area (TPSA) is 0 Å². The smallest absolute Gasteiger partial charge is 0.00296 e. The van der Waals surface area contributed by atoms with Crippen LogP contribution >= 0.6 is 11.6 Å². The van der Waals surface area contributed by atoms with E-state index in [1.165, 1.54) is 5.54 Å². The van der Waals surface area contributed by atoms with Gasteiger partial charge in [0.25, 0.3) is 0 Å². The van der Waals surface area contributed by atoms with Crippen molar-refractivity contribution in [3.8, 4) is 0 Å². The van der Waals surface area contributed by atoms with Gasteiger partial charge in [0.05, 0.1) is 0 Å². The standard InChI is InChI=1S/C2H3Cl.C2H4.FH/c1-2-3;1-2;/h2H,1H2;1-2H2;1H. The molecule has 0 aliphatic heterocycles. The number of halogens is 2. The summed E-state index contributed by atoms with van der Waals surface area (Å²) in [7, 11) is 0. The second-order valence-electron chi connectivity index (χ2n) is 0.154. The Hall–Kier alpha value is -0.300. The van der Waals surface area contributed by atoms with Crippen molar-refractivity contribution in [1.82, 2.24) is 0 Å². The first kappa shape index (κ1) is 17.3. The van der Waals surface area contributed by atoms with Crippen LogP contribution in [0.25, 0.3) is 0 Å². The quantitative estimate of drug-likeness (QED) is 0.420. The lowest BCUT2D eigenvalue weighted by Gasteiger charge is -1.27. The first-order valence-electron chi connectivity index (χ1n) is 1.13. The molecule has 0 spiro atoms. The van der Waals surface area contributed by atoms with E-state index in [1.807, 2.05) is 0 Å². The normalized spacial score (nSPS) is 2.83. The van der Waals surface area contributed by atoms with E-state index in [0.717, 1.165) is 0 Å². The Morgan fingerprint density at radius 2 is 1.33 bits per heavy atom. The van der Waals surface area contributed by atoms with Gasteiger partial charge >= 0.3 is 0 Å². The highest BCUT2D eigenvalue weighted by Gasteiger charge is 1.18. The second-order valence-corrected chi connectivity index (χ2v) is 0.463. The Balaban J connectivity index is -0.0000000275. The maximum absolute atomic E-state index is 4.76. The first-order chi connectivity index (χ1) is 2.41. The Morgan fingerprint density at radius 1 is 1.33 bits per heavy atom. The highest BCUT2D eigenvalue weighted by atomic mass is 35.5. The fourth-order valence-corrected chi connectivity index (χ4v) is 0. The van der Waals surface area contributed by atoms with Gasteiger partial charge in [-0.05, 0) is 5.54 Å². The van der Waals surface area contributed by atoms with Crippen LogP contribution in [0.5, 0.6) is 0 Å². The van der Waals surface area contributed by atoms with E-state index in [4.69, 9.17) is 11.6 Å². The largest absolute Gasteiger partial charge is 0.269 e. The van der Waals surface area contributed by atoms with E-state index >= 15 is 0 Å². The second kappa shape index (κ2) is 131. The Kier molecular flexibility index (Phi) is 378. The zero-order valence-corrected chi connectivity index (χ0v) is 4.24. The number of hydrogen-bond donors (Lipinski definition) is 0. The van der Waals surface area contributed by atoms with Crippen LogP contribution in [0.3, 0.4) is 0 Å². The van der Waals surface area contributed by atoms with Crippen molar-refractivity contribution < 1.29 is 4.70 Å². The molecule has 0 nitrogen and oxygen atoms in total. The summed E-state index contributed by atoms with van der Waals surface area (Å²) in [5, 5.41) is 0. The van der Waals surface area contributed by atoms with Gasteiger partial charge in [-0.25, -0.2) is 0 Å². The number of hydrogen-bond acceptors (Lipinski definition) is 0. The van der Waals surface area contributed by atoms with Gasteiger partial charge in [-0.2, -0.15) is 0 Å². The third-order valence-corrected chi connectivity index (χ3v) is 0. The van der Waals surface area contributed by atoms with Crippen LogP contribution in [0.1, 0.15) is 0 Å². The first-order valence-corrected chi connectivity index (χ1v) is 1.56. The van der Waals surface area contributed by atoms with E-state index in [0.29, 0.717) is 0 Å². The monoisotopic (exact) mass is 110 g/mol. The predicted molar refractivity (Wildman–Crippen MR) is 29.8 cm³/mol. The van der Waals surface area contributed by atoms with Gasteiger partial charge in [-0.1, -0.05) is 18.2 Å². The zero-order valence-electron chi connectivity index (χ0n) is 3.48. The molecular weight excluding hydrogens is 102 g/mol.